The smallest absolute Gasteiger partial charge is 0.142 e. The van der Waals surface area contributed by atoms with E-state index in [9.17, 15) is 10.4 Å². The van der Waals surface area contributed by atoms with Gasteiger partial charge in [-0.25, -0.2) is 4.98 Å². The third-order valence-electron chi connectivity index (χ3n) is 4.54. The van der Waals surface area contributed by atoms with Gasteiger partial charge in [0, 0.05) is 22.7 Å². The largest absolute Gasteiger partial charge is 0.494 e. The van der Waals surface area contributed by atoms with Crippen molar-refractivity contribution in [3.8, 4) is 22.9 Å². The zero-order valence-electron chi connectivity index (χ0n) is 13.7. The SMILES string of the molecule is CCOc1ccc(-c2cc(C3CCC3)nc(N)c2C#N)cc1CO. The van der Waals surface area contributed by atoms with E-state index in [0.29, 0.717) is 29.4 Å². The van der Waals surface area contributed by atoms with Gasteiger partial charge in [0.1, 0.15) is 23.2 Å². The lowest BCUT2D eigenvalue weighted by atomic mass is 9.81. The maximum Gasteiger partial charge on any atom is 0.142 e. The lowest BCUT2D eigenvalue weighted by Gasteiger charge is -2.25. The molecule has 0 unspecified atom stereocenters. The molecule has 0 bridgehead atoms. The summed E-state index contributed by atoms with van der Waals surface area (Å²) in [5, 5.41) is 19.1. The van der Waals surface area contributed by atoms with Crippen LogP contribution < -0.4 is 10.5 Å². The van der Waals surface area contributed by atoms with Crippen LogP contribution >= 0.6 is 0 Å². The minimum atomic E-state index is -0.124. The molecule has 0 aliphatic heterocycles. The number of nitriles is 1. The van der Waals surface area contributed by atoms with Gasteiger partial charge in [-0.3, -0.25) is 0 Å². The molecule has 1 aliphatic carbocycles. The Balaban J connectivity index is 2.10. The Hall–Kier alpha value is -2.58. The van der Waals surface area contributed by atoms with Crippen molar-refractivity contribution in [2.75, 3.05) is 12.3 Å². The van der Waals surface area contributed by atoms with E-state index >= 15 is 0 Å². The molecule has 3 rings (SSSR count). The highest BCUT2D eigenvalue weighted by Crippen LogP contribution is 2.39. The van der Waals surface area contributed by atoms with Crippen LogP contribution in [-0.4, -0.2) is 16.7 Å². The molecule has 1 aromatic carbocycles. The van der Waals surface area contributed by atoms with Crippen LogP contribution in [0.4, 0.5) is 5.82 Å². The summed E-state index contributed by atoms with van der Waals surface area (Å²) in [5.74, 6) is 1.36. The lowest BCUT2D eigenvalue weighted by Crippen LogP contribution is -2.12. The highest BCUT2D eigenvalue weighted by Gasteiger charge is 2.23. The number of hydrogen-bond donors (Lipinski definition) is 2. The average Bonchev–Trinajstić information content (AvgIpc) is 2.53. The van der Waals surface area contributed by atoms with Crippen molar-refractivity contribution in [2.45, 2.75) is 38.7 Å². The number of nitrogen functional groups attached to an aromatic ring is 1. The number of ether oxygens (including phenoxy) is 1. The van der Waals surface area contributed by atoms with E-state index < -0.39 is 0 Å². The Morgan fingerprint density at radius 1 is 1.38 bits per heavy atom. The fourth-order valence-electron chi connectivity index (χ4n) is 3.01. The second-order valence-corrected chi connectivity index (χ2v) is 6.01. The van der Waals surface area contributed by atoms with Gasteiger partial charge >= 0.3 is 0 Å². The summed E-state index contributed by atoms with van der Waals surface area (Å²) in [6.45, 7) is 2.31. The van der Waals surface area contributed by atoms with Gasteiger partial charge in [-0.15, -0.1) is 0 Å². The van der Waals surface area contributed by atoms with E-state index in [1.165, 1.54) is 6.42 Å². The van der Waals surface area contributed by atoms with Gasteiger partial charge in [-0.2, -0.15) is 5.26 Å². The molecule has 24 heavy (non-hydrogen) atoms. The maximum atomic E-state index is 9.61. The molecule has 124 valence electrons. The molecule has 1 heterocycles. The first-order valence-corrected chi connectivity index (χ1v) is 8.25. The second kappa shape index (κ2) is 6.90. The highest BCUT2D eigenvalue weighted by atomic mass is 16.5. The molecule has 0 spiro atoms. The van der Waals surface area contributed by atoms with E-state index in [0.717, 1.165) is 29.7 Å². The van der Waals surface area contributed by atoms with E-state index in [1.54, 1.807) is 0 Å². The summed E-state index contributed by atoms with van der Waals surface area (Å²) in [4.78, 5) is 4.42. The van der Waals surface area contributed by atoms with Crippen LogP contribution in [0.5, 0.6) is 5.75 Å². The number of aliphatic hydroxyl groups excluding tert-OH is 1. The lowest BCUT2D eigenvalue weighted by molar-refractivity contribution is 0.267. The first-order chi connectivity index (χ1) is 11.7. The molecule has 5 nitrogen and oxygen atoms in total. The average molecular weight is 323 g/mol. The number of benzene rings is 1. The van der Waals surface area contributed by atoms with Gasteiger partial charge in [-0.05, 0) is 43.5 Å². The molecule has 1 fully saturated rings. The summed E-state index contributed by atoms with van der Waals surface area (Å²) in [6.07, 6.45) is 3.44. The standard InChI is InChI=1S/C19H21N3O2/c1-2-24-18-7-6-13(8-14(18)11-23)15-9-17(12-4-3-5-12)22-19(21)16(15)10-20/h6-9,12,23H,2-5,11H2,1H3,(H2,21,22). The van der Waals surface area contributed by atoms with Gasteiger partial charge in [0.25, 0.3) is 0 Å². The number of aliphatic hydroxyl groups is 1. The normalized spacial score (nSPS) is 14.0. The summed E-state index contributed by atoms with van der Waals surface area (Å²) in [7, 11) is 0. The minimum absolute atomic E-state index is 0.124. The van der Waals surface area contributed by atoms with Gasteiger partial charge in [0.05, 0.1) is 13.2 Å². The molecule has 1 aromatic heterocycles. The Morgan fingerprint density at radius 2 is 2.17 bits per heavy atom. The topological polar surface area (TPSA) is 92.2 Å². The number of hydrogen-bond acceptors (Lipinski definition) is 5. The summed E-state index contributed by atoms with van der Waals surface area (Å²) >= 11 is 0. The molecule has 1 aliphatic rings. The first-order valence-electron chi connectivity index (χ1n) is 8.25. The Bertz CT molecular complexity index is 792. The van der Waals surface area contributed by atoms with Gasteiger partial charge in [0.15, 0.2) is 0 Å². The molecule has 3 N–H and O–H groups in total. The molecule has 1 saturated carbocycles. The van der Waals surface area contributed by atoms with Crippen molar-refractivity contribution >= 4 is 5.82 Å². The van der Waals surface area contributed by atoms with Crippen LogP contribution in [-0.2, 0) is 6.61 Å². The van der Waals surface area contributed by atoms with Crippen molar-refractivity contribution in [3.05, 3.63) is 41.1 Å². The Morgan fingerprint density at radius 3 is 2.75 bits per heavy atom. The predicted molar refractivity (Wildman–Crippen MR) is 92.5 cm³/mol. The Kier molecular flexibility index (Phi) is 4.68. The van der Waals surface area contributed by atoms with Crippen molar-refractivity contribution < 1.29 is 9.84 Å². The van der Waals surface area contributed by atoms with Gasteiger partial charge in [0.2, 0.25) is 0 Å². The van der Waals surface area contributed by atoms with Crippen molar-refractivity contribution in [2.24, 2.45) is 0 Å². The number of pyridine rings is 1. The fraction of sp³-hybridized carbons (Fsp3) is 0.368. The number of aromatic nitrogens is 1. The van der Waals surface area contributed by atoms with Crippen LogP contribution in [0.2, 0.25) is 0 Å². The number of nitrogens with zero attached hydrogens (tertiary/aromatic N) is 2. The molecule has 5 heteroatoms. The van der Waals surface area contributed by atoms with Crippen molar-refractivity contribution in [1.29, 1.82) is 5.26 Å². The Labute approximate surface area is 141 Å². The maximum absolute atomic E-state index is 9.61. The van der Waals surface area contributed by atoms with Crippen LogP contribution in [0.1, 0.15) is 48.9 Å². The second-order valence-electron chi connectivity index (χ2n) is 6.01. The van der Waals surface area contributed by atoms with E-state index in [4.69, 9.17) is 10.5 Å². The third kappa shape index (κ3) is 2.93. The molecule has 0 amide bonds. The van der Waals surface area contributed by atoms with E-state index in [2.05, 4.69) is 11.1 Å². The van der Waals surface area contributed by atoms with E-state index in [-0.39, 0.29) is 12.4 Å². The molecule has 2 aromatic rings. The molecule has 0 saturated heterocycles. The zero-order valence-corrected chi connectivity index (χ0v) is 13.7. The minimum Gasteiger partial charge on any atom is -0.494 e. The highest BCUT2D eigenvalue weighted by molar-refractivity contribution is 5.76. The van der Waals surface area contributed by atoms with E-state index in [1.807, 2.05) is 31.2 Å². The zero-order chi connectivity index (χ0) is 17.1. The summed E-state index contributed by atoms with van der Waals surface area (Å²) < 4.78 is 5.53. The van der Waals surface area contributed by atoms with Crippen LogP contribution in [0.25, 0.3) is 11.1 Å². The molecule has 0 atom stereocenters. The summed E-state index contributed by atoms with van der Waals surface area (Å²) in [6, 6.07) is 9.70. The number of rotatable bonds is 5. The molecule has 0 radical (unpaired) electrons. The van der Waals surface area contributed by atoms with Crippen molar-refractivity contribution in [3.63, 3.8) is 0 Å². The van der Waals surface area contributed by atoms with Crippen molar-refractivity contribution in [1.82, 2.24) is 4.98 Å². The summed E-state index contributed by atoms with van der Waals surface area (Å²) in [5.41, 5.74) is 9.66. The quantitative estimate of drug-likeness (QED) is 0.880. The van der Waals surface area contributed by atoms with Crippen LogP contribution in [0.3, 0.4) is 0 Å². The molecular formula is C19H21N3O2. The van der Waals surface area contributed by atoms with Gasteiger partial charge in [-0.1, -0.05) is 12.5 Å². The third-order valence-corrected chi connectivity index (χ3v) is 4.54. The fourth-order valence-corrected chi connectivity index (χ4v) is 3.01. The number of nitrogens with two attached hydrogens (primary N) is 1. The predicted octanol–water partition coefficient (Wildman–Crippen LogP) is 3.36. The first kappa shape index (κ1) is 16.3. The number of anilines is 1. The monoisotopic (exact) mass is 323 g/mol. The van der Waals surface area contributed by atoms with Crippen LogP contribution in [0, 0.1) is 11.3 Å². The molecular weight excluding hydrogens is 302 g/mol. The van der Waals surface area contributed by atoms with Gasteiger partial charge < -0.3 is 15.6 Å². The van der Waals surface area contributed by atoms with Crippen LogP contribution in [0.15, 0.2) is 24.3 Å².